The highest BCUT2D eigenvalue weighted by molar-refractivity contribution is 5.96. The maximum Gasteiger partial charge on any atom is 0.244 e. The summed E-state index contributed by atoms with van der Waals surface area (Å²) in [5, 5.41) is 0. The number of carbonyl (C=O) groups excluding carboxylic acids is 1. The summed E-state index contributed by atoms with van der Waals surface area (Å²) in [5.74, 6) is -0.0214. The zero-order valence-electron chi connectivity index (χ0n) is 12.4. The zero-order chi connectivity index (χ0) is 15.1. The molecule has 1 atom stereocenters. The van der Waals surface area contributed by atoms with Gasteiger partial charge in [-0.25, -0.2) is 0 Å². The lowest BCUT2D eigenvalue weighted by atomic mass is 10.1. The minimum atomic E-state index is -0.445. The van der Waals surface area contributed by atoms with Crippen molar-refractivity contribution in [3.05, 3.63) is 66.2 Å². The Morgan fingerprint density at radius 2 is 1.62 bits per heavy atom. The van der Waals surface area contributed by atoms with Gasteiger partial charge in [0.25, 0.3) is 0 Å². The smallest absolute Gasteiger partial charge is 0.244 e. The predicted molar refractivity (Wildman–Crippen MR) is 87.0 cm³/mol. The number of hydrogen-bond donors (Lipinski definition) is 1. The fraction of sp³-hybridized carbons (Fsp3) is 0.278. The molecule has 0 saturated carbocycles. The molecule has 0 bridgehead atoms. The van der Waals surface area contributed by atoms with Crippen LogP contribution in [-0.4, -0.2) is 11.9 Å². The molecule has 0 unspecified atom stereocenters. The molecule has 2 aromatic rings. The molecule has 3 heteroatoms. The number of para-hydroxylation sites is 1. The van der Waals surface area contributed by atoms with E-state index in [2.05, 4.69) is 0 Å². The summed E-state index contributed by atoms with van der Waals surface area (Å²) in [6, 6.07) is 19.2. The molecule has 2 aromatic carbocycles. The van der Waals surface area contributed by atoms with Crippen LogP contribution in [0.2, 0.25) is 0 Å². The van der Waals surface area contributed by atoms with E-state index < -0.39 is 6.04 Å². The highest BCUT2D eigenvalue weighted by atomic mass is 16.2. The number of nitrogens with two attached hydrogens (primary N) is 1. The molecule has 3 nitrogen and oxygen atoms in total. The van der Waals surface area contributed by atoms with Crippen LogP contribution in [-0.2, 0) is 11.3 Å². The Morgan fingerprint density at radius 3 is 2.19 bits per heavy atom. The highest BCUT2D eigenvalue weighted by Crippen LogP contribution is 2.18. The van der Waals surface area contributed by atoms with Gasteiger partial charge in [0.05, 0.1) is 12.6 Å². The van der Waals surface area contributed by atoms with Crippen LogP contribution in [0, 0.1) is 0 Å². The van der Waals surface area contributed by atoms with E-state index in [9.17, 15) is 4.79 Å². The predicted octanol–water partition coefficient (Wildman–Crippen LogP) is 3.35. The van der Waals surface area contributed by atoms with Crippen molar-refractivity contribution in [1.29, 1.82) is 0 Å². The molecular formula is C18H22N2O. The zero-order valence-corrected chi connectivity index (χ0v) is 12.4. The Labute approximate surface area is 126 Å². The quantitative estimate of drug-likeness (QED) is 0.883. The van der Waals surface area contributed by atoms with E-state index in [1.807, 2.05) is 67.6 Å². The van der Waals surface area contributed by atoms with Gasteiger partial charge in [0.15, 0.2) is 0 Å². The van der Waals surface area contributed by atoms with Crippen molar-refractivity contribution < 1.29 is 4.79 Å². The van der Waals surface area contributed by atoms with Crippen molar-refractivity contribution in [2.24, 2.45) is 5.73 Å². The molecule has 0 spiro atoms. The van der Waals surface area contributed by atoms with E-state index in [1.165, 1.54) is 0 Å². The van der Waals surface area contributed by atoms with Crippen LogP contribution in [0.4, 0.5) is 5.69 Å². The molecule has 21 heavy (non-hydrogen) atoms. The van der Waals surface area contributed by atoms with Crippen molar-refractivity contribution >= 4 is 11.6 Å². The molecule has 2 rings (SSSR count). The van der Waals surface area contributed by atoms with Crippen molar-refractivity contribution in [3.8, 4) is 0 Å². The van der Waals surface area contributed by atoms with Crippen LogP contribution >= 0.6 is 0 Å². The van der Waals surface area contributed by atoms with Gasteiger partial charge in [0.1, 0.15) is 0 Å². The fourth-order valence-corrected chi connectivity index (χ4v) is 2.31. The molecule has 0 radical (unpaired) electrons. The first-order chi connectivity index (χ1) is 10.2. The summed E-state index contributed by atoms with van der Waals surface area (Å²) in [6.07, 6.45) is 1.61. The lowest BCUT2D eigenvalue weighted by Gasteiger charge is -2.26. The molecular weight excluding hydrogens is 260 g/mol. The maximum atomic E-state index is 12.6. The van der Waals surface area contributed by atoms with Gasteiger partial charge >= 0.3 is 0 Å². The van der Waals surface area contributed by atoms with Gasteiger partial charge in [0, 0.05) is 5.69 Å². The van der Waals surface area contributed by atoms with E-state index in [0.717, 1.165) is 17.7 Å². The second kappa shape index (κ2) is 7.60. The van der Waals surface area contributed by atoms with E-state index in [1.54, 1.807) is 4.90 Å². The second-order valence-electron chi connectivity index (χ2n) is 5.14. The molecule has 0 aliphatic heterocycles. The minimum Gasteiger partial charge on any atom is -0.320 e. The first-order valence-corrected chi connectivity index (χ1v) is 7.38. The van der Waals surface area contributed by atoms with Crippen molar-refractivity contribution in [3.63, 3.8) is 0 Å². The van der Waals surface area contributed by atoms with Gasteiger partial charge < -0.3 is 10.6 Å². The molecule has 0 heterocycles. The molecule has 110 valence electrons. The molecule has 0 aliphatic carbocycles. The average Bonchev–Trinajstić information content (AvgIpc) is 2.54. The number of amides is 1. The highest BCUT2D eigenvalue weighted by Gasteiger charge is 2.21. The van der Waals surface area contributed by atoms with E-state index in [4.69, 9.17) is 5.73 Å². The third-order valence-corrected chi connectivity index (χ3v) is 3.43. The average molecular weight is 282 g/mol. The number of nitrogens with zero attached hydrogens (tertiary/aromatic N) is 1. The summed E-state index contributed by atoms with van der Waals surface area (Å²) < 4.78 is 0. The number of anilines is 1. The summed E-state index contributed by atoms with van der Waals surface area (Å²) in [6.45, 7) is 2.58. The van der Waals surface area contributed by atoms with Gasteiger partial charge in [0.2, 0.25) is 5.91 Å². The normalized spacial score (nSPS) is 11.9. The van der Waals surface area contributed by atoms with Crippen LogP contribution in [0.1, 0.15) is 25.3 Å². The van der Waals surface area contributed by atoms with Gasteiger partial charge in [-0.3, -0.25) is 4.79 Å². The SMILES string of the molecule is CCC[C@@H](N)C(=O)N(Cc1ccccc1)c1ccccc1. The Hall–Kier alpha value is -2.13. The first-order valence-electron chi connectivity index (χ1n) is 7.38. The third kappa shape index (κ3) is 4.17. The Bertz CT molecular complexity index is 554. The second-order valence-corrected chi connectivity index (χ2v) is 5.14. The van der Waals surface area contributed by atoms with E-state index in [0.29, 0.717) is 13.0 Å². The number of rotatable bonds is 6. The first kappa shape index (κ1) is 15.3. The van der Waals surface area contributed by atoms with E-state index >= 15 is 0 Å². The third-order valence-electron chi connectivity index (χ3n) is 3.43. The largest absolute Gasteiger partial charge is 0.320 e. The van der Waals surface area contributed by atoms with Crippen LogP contribution in [0.5, 0.6) is 0 Å². The Balaban J connectivity index is 2.24. The molecule has 0 saturated heterocycles. The molecule has 2 N–H and O–H groups in total. The van der Waals surface area contributed by atoms with Crippen LogP contribution in [0.3, 0.4) is 0 Å². The Morgan fingerprint density at radius 1 is 1.05 bits per heavy atom. The molecule has 0 aliphatic rings. The summed E-state index contributed by atoms with van der Waals surface area (Å²) in [7, 11) is 0. The monoisotopic (exact) mass is 282 g/mol. The number of carbonyl (C=O) groups is 1. The standard InChI is InChI=1S/C18H22N2O/c1-2-9-17(19)18(21)20(16-12-7-4-8-13-16)14-15-10-5-3-6-11-15/h3-8,10-13,17H,2,9,14,19H2,1H3/t17-/m1/s1. The van der Waals surface area contributed by atoms with Crippen LogP contribution in [0.25, 0.3) is 0 Å². The fourth-order valence-electron chi connectivity index (χ4n) is 2.31. The van der Waals surface area contributed by atoms with Crippen molar-refractivity contribution in [2.45, 2.75) is 32.4 Å². The van der Waals surface area contributed by atoms with Gasteiger partial charge in [-0.1, -0.05) is 61.9 Å². The molecule has 1 amide bonds. The van der Waals surface area contributed by atoms with Crippen molar-refractivity contribution in [2.75, 3.05) is 4.90 Å². The summed E-state index contributed by atoms with van der Waals surface area (Å²) in [5.41, 5.74) is 8.01. The Kier molecular flexibility index (Phi) is 5.52. The number of hydrogen-bond acceptors (Lipinski definition) is 2. The topological polar surface area (TPSA) is 46.3 Å². The van der Waals surface area contributed by atoms with Crippen LogP contribution < -0.4 is 10.6 Å². The van der Waals surface area contributed by atoms with Crippen molar-refractivity contribution in [1.82, 2.24) is 0 Å². The molecule has 0 fully saturated rings. The maximum absolute atomic E-state index is 12.6. The number of benzene rings is 2. The van der Waals surface area contributed by atoms with Crippen LogP contribution in [0.15, 0.2) is 60.7 Å². The molecule has 0 aromatic heterocycles. The van der Waals surface area contributed by atoms with Gasteiger partial charge in [-0.2, -0.15) is 0 Å². The van der Waals surface area contributed by atoms with Gasteiger partial charge in [-0.15, -0.1) is 0 Å². The summed E-state index contributed by atoms with van der Waals surface area (Å²) in [4.78, 5) is 14.4. The minimum absolute atomic E-state index is 0.0214. The summed E-state index contributed by atoms with van der Waals surface area (Å²) >= 11 is 0. The lowest BCUT2D eigenvalue weighted by molar-refractivity contribution is -0.120. The lowest BCUT2D eigenvalue weighted by Crippen LogP contribution is -2.43. The van der Waals surface area contributed by atoms with Gasteiger partial charge in [-0.05, 0) is 24.1 Å². The van der Waals surface area contributed by atoms with E-state index in [-0.39, 0.29) is 5.91 Å².